The number of benzene rings is 1. The first-order valence-corrected chi connectivity index (χ1v) is 5.37. The Morgan fingerprint density at radius 3 is 3.12 bits per heavy atom. The van der Waals surface area contributed by atoms with Gasteiger partial charge in [-0.2, -0.15) is 0 Å². The Morgan fingerprint density at radius 2 is 2.38 bits per heavy atom. The molecule has 1 aliphatic rings. The van der Waals surface area contributed by atoms with Crippen LogP contribution < -0.4 is 4.74 Å². The van der Waals surface area contributed by atoms with E-state index in [-0.39, 0.29) is 11.8 Å². The van der Waals surface area contributed by atoms with Gasteiger partial charge in [-0.15, -0.1) is 0 Å². The Hall–Kier alpha value is -1.26. The molecule has 16 heavy (non-hydrogen) atoms. The Bertz CT molecular complexity index is 367. The average molecular weight is 223 g/mol. The van der Waals surface area contributed by atoms with Crippen LogP contribution in [0.2, 0.25) is 0 Å². The van der Waals surface area contributed by atoms with Crippen LogP contribution >= 0.6 is 0 Å². The zero-order valence-corrected chi connectivity index (χ0v) is 9.64. The molecule has 0 saturated heterocycles. The number of hydrogen-bond donors (Lipinski definition) is 1. The number of likely N-dealkylation sites (N-methyl/N-ethyl adjacent to an activating group) is 1. The first-order valence-electron chi connectivity index (χ1n) is 5.37. The van der Waals surface area contributed by atoms with Crippen LogP contribution in [-0.2, 0) is 4.74 Å². The highest BCUT2D eigenvalue weighted by atomic mass is 16.5. The van der Waals surface area contributed by atoms with E-state index in [1.807, 2.05) is 6.07 Å². The number of phenols is 1. The summed E-state index contributed by atoms with van der Waals surface area (Å²) < 4.78 is 10.6. The third-order valence-electron chi connectivity index (χ3n) is 2.93. The fourth-order valence-electron chi connectivity index (χ4n) is 1.94. The monoisotopic (exact) mass is 223 g/mol. The molecule has 1 aromatic carbocycles. The number of rotatable bonds is 4. The second-order valence-electron chi connectivity index (χ2n) is 4.02. The molecule has 2 rings (SSSR count). The molecule has 88 valence electrons. The lowest BCUT2D eigenvalue weighted by Crippen LogP contribution is -2.28. The second-order valence-corrected chi connectivity index (χ2v) is 4.02. The van der Waals surface area contributed by atoms with Crippen molar-refractivity contribution in [2.75, 3.05) is 33.9 Å². The minimum atomic E-state index is 0.249. The summed E-state index contributed by atoms with van der Waals surface area (Å²) in [6, 6.07) is 5.54. The van der Waals surface area contributed by atoms with Gasteiger partial charge in [0.2, 0.25) is 0 Å². The van der Waals surface area contributed by atoms with Gasteiger partial charge in [-0.3, -0.25) is 4.90 Å². The molecule has 0 radical (unpaired) electrons. The van der Waals surface area contributed by atoms with E-state index in [0.29, 0.717) is 13.2 Å². The fourth-order valence-corrected chi connectivity index (χ4v) is 1.94. The number of nitrogens with zero attached hydrogens (tertiary/aromatic N) is 1. The van der Waals surface area contributed by atoms with Gasteiger partial charge in [0, 0.05) is 25.3 Å². The van der Waals surface area contributed by atoms with Crippen molar-refractivity contribution >= 4 is 0 Å². The van der Waals surface area contributed by atoms with Gasteiger partial charge in [0.1, 0.15) is 18.1 Å². The maximum atomic E-state index is 9.35. The molecule has 1 N–H and O–H groups in total. The van der Waals surface area contributed by atoms with E-state index in [4.69, 9.17) is 9.47 Å². The van der Waals surface area contributed by atoms with Crippen LogP contribution in [0.3, 0.4) is 0 Å². The van der Waals surface area contributed by atoms with Gasteiger partial charge in [-0.25, -0.2) is 0 Å². The molecule has 1 unspecified atom stereocenters. The Kier molecular flexibility index (Phi) is 3.31. The van der Waals surface area contributed by atoms with Crippen molar-refractivity contribution in [1.82, 2.24) is 4.90 Å². The third-order valence-corrected chi connectivity index (χ3v) is 2.93. The van der Waals surface area contributed by atoms with E-state index in [2.05, 4.69) is 11.9 Å². The number of methoxy groups -OCH3 is 1. The van der Waals surface area contributed by atoms with Crippen molar-refractivity contribution in [3.8, 4) is 11.5 Å². The Morgan fingerprint density at radius 1 is 1.56 bits per heavy atom. The topological polar surface area (TPSA) is 41.9 Å². The molecule has 4 heteroatoms. The third kappa shape index (κ3) is 2.13. The zero-order valence-electron chi connectivity index (χ0n) is 9.64. The summed E-state index contributed by atoms with van der Waals surface area (Å²) in [4.78, 5) is 2.20. The summed E-state index contributed by atoms with van der Waals surface area (Å²) in [6.45, 7) is 2.21. The van der Waals surface area contributed by atoms with E-state index in [0.717, 1.165) is 17.9 Å². The molecule has 0 spiro atoms. The molecule has 1 aliphatic heterocycles. The largest absolute Gasteiger partial charge is 0.508 e. The maximum Gasteiger partial charge on any atom is 0.127 e. The fraction of sp³-hybridized carbons (Fsp3) is 0.500. The molecule has 0 amide bonds. The molecule has 1 atom stereocenters. The molecule has 1 heterocycles. The van der Waals surface area contributed by atoms with Crippen LogP contribution in [0.15, 0.2) is 18.2 Å². The number of fused-ring (bicyclic) bond motifs is 1. The average Bonchev–Trinajstić information content (AvgIpc) is 2.68. The summed E-state index contributed by atoms with van der Waals surface area (Å²) in [7, 11) is 3.75. The van der Waals surface area contributed by atoms with Crippen molar-refractivity contribution in [2.24, 2.45) is 0 Å². The lowest BCUT2D eigenvalue weighted by atomic mass is 10.1. The number of ether oxygens (including phenoxy) is 2. The normalized spacial score (nSPS) is 18.6. The first kappa shape index (κ1) is 11.2. The quantitative estimate of drug-likeness (QED) is 0.838. The van der Waals surface area contributed by atoms with Gasteiger partial charge in [0.05, 0.1) is 12.6 Å². The minimum absolute atomic E-state index is 0.249. The molecule has 0 aromatic heterocycles. The highest BCUT2D eigenvalue weighted by molar-refractivity contribution is 5.44. The van der Waals surface area contributed by atoms with Gasteiger partial charge < -0.3 is 14.6 Å². The van der Waals surface area contributed by atoms with Gasteiger partial charge in [0.25, 0.3) is 0 Å². The second kappa shape index (κ2) is 4.72. The minimum Gasteiger partial charge on any atom is -0.508 e. The number of phenolic OH excluding ortho intramolecular Hbond substituents is 1. The zero-order chi connectivity index (χ0) is 11.5. The van der Waals surface area contributed by atoms with Gasteiger partial charge >= 0.3 is 0 Å². The van der Waals surface area contributed by atoms with Crippen LogP contribution in [0.5, 0.6) is 11.5 Å². The van der Waals surface area contributed by atoms with Crippen LogP contribution in [0, 0.1) is 0 Å². The van der Waals surface area contributed by atoms with Gasteiger partial charge in [-0.1, -0.05) is 0 Å². The highest BCUT2D eigenvalue weighted by Gasteiger charge is 2.27. The van der Waals surface area contributed by atoms with Gasteiger partial charge in [-0.05, 0) is 19.2 Å². The van der Waals surface area contributed by atoms with Crippen LogP contribution in [0.4, 0.5) is 0 Å². The van der Waals surface area contributed by atoms with E-state index < -0.39 is 0 Å². The van der Waals surface area contributed by atoms with E-state index in [1.165, 1.54) is 0 Å². The molecule has 4 nitrogen and oxygen atoms in total. The first-order chi connectivity index (χ1) is 7.72. The van der Waals surface area contributed by atoms with Crippen LogP contribution in [0.1, 0.15) is 11.6 Å². The number of aromatic hydroxyl groups is 1. The Labute approximate surface area is 95.4 Å². The molecule has 0 aliphatic carbocycles. The van der Waals surface area contributed by atoms with Crippen LogP contribution in [0.25, 0.3) is 0 Å². The van der Waals surface area contributed by atoms with E-state index in [9.17, 15) is 5.11 Å². The van der Waals surface area contributed by atoms with E-state index in [1.54, 1.807) is 19.2 Å². The van der Waals surface area contributed by atoms with Crippen molar-refractivity contribution in [2.45, 2.75) is 6.04 Å². The summed E-state index contributed by atoms with van der Waals surface area (Å²) in [5.74, 6) is 1.04. The smallest absolute Gasteiger partial charge is 0.127 e. The molecular formula is C12H17NO3. The van der Waals surface area contributed by atoms with Crippen LogP contribution in [-0.4, -0.2) is 43.9 Å². The summed E-state index contributed by atoms with van der Waals surface area (Å²) >= 11 is 0. The summed E-state index contributed by atoms with van der Waals surface area (Å²) in [5, 5.41) is 9.35. The molecule has 1 aromatic rings. The van der Waals surface area contributed by atoms with Crippen molar-refractivity contribution in [3.05, 3.63) is 23.8 Å². The lowest BCUT2D eigenvalue weighted by molar-refractivity contribution is 0.127. The SMILES string of the molecule is COCCN(C)C1COc2cc(O)ccc21. The predicted molar refractivity (Wildman–Crippen MR) is 60.8 cm³/mol. The highest BCUT2D eigenvalue weighted by Crippen LogP contribution is 2.37. The van der Waals surface area contributed by atoms with Gasteiger partial charge in [0.15, 0.2) is 0 Å². The lowest BCUT2D eigenvalue weighted by Gasteiger charge is -2.22. The summed E-state index contributed by atoms with van der Waals surface area (Å²) in [5.41, 5.74) is 1.14. The summed E-state index contributed by atoms with van der Waals surface area (Å²) in [6.07, 6.45) is 0. The van der Waals surface area contributed by atoms with Crippen molar-refractivity contribution < 1.29 is 14.6 Å². The van der Waals surface area contributed by atoms with Crippen molar-refractivity contribution in [1.29, 1.82) is 0 Å². The maximum absolute atomic E-state index is 9.35. The molecule has 0 bridgehead atoms. The predicted octanol–water partition coefficient (Wildman–Crippen LogP) is 1.40. The van der Waals surface area contributed by atoms with E-state index >= 15 is 0 Å². The molecule has 0 saturated carbocycles. The molecule has 0 fully saturated rings. The van der Waals surface area contributed by atoms with Crippen molar-refractivity contribution in [3.63, 3.8) is 0 Å². The Balaban J connectivity index is 2.11. The standard InChI is InChI=1S/C12H17NO3/c1-13(5-6-15-2)11-8-16-12-7-9(14)3-4-10(11)12/h3-4,7,11,14H,5-6,8H2,1-2H3. The molecular weight excluding hydrogens is 206 g/mol. The number of hydrogen-bond acceptors (Lipinski definition) is 4.